The van der Waals surface area contributed by atoms with Crippen molar-refractivity contribution < 1.29 is 4.74 Å². The molecule has 1 unspecified atom stereocenters. The molecule has 8 heteroatoms. The van der Waals surface area contributed by atoms with Gasteiger partial charge >= 0.3 is 0 Å². The molecule has 142 valence electrons. The molecule has 27 heavy (non-hydrogen) atoms. The number of aromatic nitrogens is 5. The molecule has 0 radical (unpaired) electrons. The first-order valence-electron chi connectivity index (χ1n) is 9.21. The molecule has 1 fully saturated rings. The first kappa shape index (κ1) is 17.7. The smallest absolute Gasteiger partial charge is 0.165 e. The summed E-state index contributed by atoms with van der Waals surface area (Å²) in [7, 11) is 3.57. The third kappa shape index (κ3) is 3.33. The van der Waals surface area contributed by atoms with Crippen molar-refractivity contribution in [2.45, 2.75) is 18.8 Å². The Morgan fingerprint density at radius 1 is 1.37 bits per heavy atom. The minimum atomic E-state index is 0.324. The van der Waals surface area contributed by atoms with E-state index in [4.69, 9.17) is 15.5 Å². The second kappa shape index (κ2) is 7.50. The monoisotopic (exact) mass is 367 g/mol. The highest BCUT2D eigenvalue weighted by molar-refractivity contribution is 5.79. The summed E-state index contributed by atoms with van der Waals surface area (Å²) in [5, 5.41) is 12.2. The van der Waals surface area contributed by atoms with Crippen LogP contribution in [0.1, 0.15) is 30.0 Å². The van der Waals surface area contributed by atoms with Crippen LogP contribution in [0, 0.1) is 0 Å². The molecule has 4 heterocycles. The summed E-state index contributed by atoms with van der Waals surface area (Å²) in [6, 6.07) is 0. The topological polar surface area (TPSA) is 95.3 Å². The second-order valence-electron chi connectivity index (χ2n) is 6.89. The van der Waals surface area contributed by atoms with Gasteiger partial charge < -0.3 is 15.8 Å². The van der Waals surface area contributed by atoms with Crippen molar-refractivity contribution in [3.8, 4) is 11.1 Å². The summed E-state index contributed by atoms with van der Waals surface area (Å²) < 4.78 is 8.64. The molecule has 0 aromatic carbocycles. The molecule has 0 saturated carbocycles. The number of hydrogen-bond acceptors (Lipinski definition) is 6. The lowest BCUT2D eigenvalue weighted by Crippen LogP contribution is -2.29. The van der Waals surface area contributed by atoms with Crippen LogP contribution < -0.4 is 11.1 Å². The largest absolute Gasteiger partial charge is 0.383 e. The number of nitrogen functional groups attached to an aromatic ring is 1. The Morgan fingerprint density at radius 2 is 2.26 bits per heavy atom. The van der Waals surface area contributed by atoms with E-state index in [1.165, 1.54) is 0 Å². The van der Waals surface area contributed by atoms with Gasteiger partial charge in [-0.1, -0.05) is 12.2 Å². The predicted molar refractivity (Wildman–Crippen MR) is 105 cm³/mol. The zero-order chi connectivity index (χ0) is 18.8. The van der Waals surface area contributed by atoms with Crippen molar-refractivity contribution in [1.29, 1.82) is 0 Å². The number of hydrogen-bond donors (Lipinski definition) is 2. The number of fused-ring (bicyclic) bond motifs is 1. The zero-order valence-electron chi connectivity index (χ0n) is 15.7. The first-order chi connectivity index (χ1) is 13.2. The molecular weight excluding hydrogens is 342 g/mol. The van der Waals surface area contributed by atoms with Crippen molar-refractivity contribution in [3.05, 3.63) is 35.9 Å². The number of nitrogens with zero attached hydrogens (tertiary/aromatic N) is 5. The van der Waals surface area contributed by atoms with Gasteiger partial charge in [-0.25, -0.2) is 4.98 Å². The lowest BCUT2D eigenvalue weighted by atomic mass is 9.92. The number of anilines is 1. The van der Waals surface area contributed by atoms with Crippen LogP contribution in [0.5, 0.6) is 0 Å². The normalized spacial score (nSPS) is 17.9. The van der Waals surface area contributed by atoms with Gasteiger partial charge in [-0.05, 0) is 19.4 Å². The third-order valence-corrected chi connectivity index (χ3v) is 5.00. The van der Waals surface area contributed by atoms with E-state index in [1.54, 1.807) is 22.5 Å². The fraction of sp³-hybridized carbons (Fsp3) is 0.421. The number of aryl methyl sites for hydroxylation is 1. The lowest BCUT2D eigenvalue weighted by molar-refractivity contribution is 0.234. The van der Waals surface area contributed by atoms with Gasteiger partial charge in [0.2, 0.25) is 0 Å². The van der Waals surface area contributed by atoms with Crippen molar-refractivity contribution >= 4 is 17.5 Å². The summed E-state index contributed by atoms with van der Waals surface area (Å²) in [4.78, 5) is 5.04. The molecule has 0 bridgehead atoms. The Morgan fingerprint density at radius 3 is 2.96 bits per heavy atom. The van der Waals surface area contributed by atoms with Crippen LogP contribution in [0.2, 0.25) is 0 Å². The molecule has 0 spiro atoms. The standard InChI is InChI=1S/C19H25N7O/c1-25-12-14(10-22-25)16-11-23-26-18(20)15(6-4-8-27-2)17(24-19(16)26)13-5-3-7-21-9-13/h4,6,10-13,21H,3,5,7-9,20H2,1-2H3. The molecule has 4 rings (SSSR count). The molecule has 0 amide bonds. The highest BCUT2D eigenvalue weighted by atomic mass is 16.5. The van der Waals surface area contributed by atoms with E-state index in [0.29, 0.717) is 18.3 Å². The highest BCUT2D eigenvalue weighted by Gasteiger charge is 2.24. The molecule has 1 aliphatic rings. The van der Waals surface area contributed by atoms with E-state index >= 15 is 0 Å². The van der Waals surface area contributed by atoms with Crippen molar-refractivity contribution in [1.82, 2.24) is 29.7 Å². The van der Waals surface area contributed by atoms with Gasteiger partial charge in [0.05, 0.1) is 24.7 Å². The molecule has 3 aromatic heterocycles. The number of nitrogens with one attached hydrogen (secondary N) is 1. The van der Waals surface area contributed by atoms with Crippen molar-refractivity contribution in [2.24, 2.45) is 7.05 Å². The SMILES string of the molecule is COCC=Cc1c(C2CCCNC2)nc2c(-c3cnn(C)c3)cnn2c1N. The van der Waals surface area contributed by atoms with Gasteiger partial charge in [-0.3, -0.25) is 4.68 Å². The Balaban J connectivity index is 1.88. The fourth-order valence-electron chi connectivity index (χ4n) is 3.64. The van der Waals surface area contributed by atoms with Gasteiger partial charge in [0.1, 0.15) is 5.82 Å². The Bertz CT molecular complexity index is 966. The van der Waals surface area contributed by atoms with Crippen molar-refractivity contribution in [2.75, 3.05) is 32.5 Å². The number of methoxy groups -OCH3 is 1. The predicted octanol–water partition coefficient (Wildman–Crippen LogP) is 1.84. The van der Waals surface area contributed by atoms with E-state index < -0.39 is 0 Å². The number of rotatable bonds is 5. The highest BCUT2D eigenvalue weighted by Crippen LogP contribution is 2.32. The van der Waals surface area contributed by atoms with Crippen LogP contribution in [-0.2, 0) is 11.8 Å². The molecule has 0 aliphatic carbocycles. The van der Waals surface area contributed by atoms with Gasteiger partial charge in [-0.15, -0.1) is 0 Å². The van der Waals surface area contributed by atoms with E-state index in [-0.39, 0.29) is 0 Å². The third-order valence-electron chi connectivity index (χ3n) is 5.00. The van der Waals surface area contributed by atoms with Crippen LogP contribution in [0.4, 0.5) is 5.82 Å². The maximum atomic E-state index is 6.53. The van der Waals surface area contributed by atoms with Gasteiger partial charge in [0.15, 0.2) is 5.65 Å². The fourth-order valence-corrected chi connectivity index (χ4v) is 3.64. The van der Waals surface area contributed by atoms with E-state index in [2.05, 4.69) is 15.5 Å². The molecule has 1 aliphatic heterocycles. The number of ether oxygens (including phenoxy) is 1. The van der Waals surface area contributed by atoms with Crippen LogP contribution >= 0.6 is 0 Å². The average molecular weight is 367 g/mol. The minimum absolute atomic E-state index is 0.324. The van der Waals surface area contributed by atoms with Gasteiger partial charge in [-0.2, -0.15) is 14.7 Å². The first-order valence-corrected chi connectivity index (χ1v) is 9.21. The molecule has 3 N–H and O–H groups in total. The maximum Gasteiger partial charge on any atom is 0.165 e. The molecule has 3 aromatic rings. The van der Waals surface area contributed by atoms with Crippen LogP contribution in [0.15, 0.2) is 24.7 Å². The van der Waals surface area contributed by atoms with Crippen molar-refractivity contribution in [3.63, 3.8) is 0 Å². The summed E-state index contributed by atoms with van der Waals surface area (Å²) in [6.45, 7) is 2.49. The van der Waals surface area contributed by atoms with Crippen LogP contribution in [0.3, 0.4) is 0 Å². The molecule has 8 nitrogen and oxygen atoms in total. The Hall–Kier alpha value is -2.71. The lowest BCUT2D eigenvalue weighted by Gasteiger charge is -2.24. The molecule has 1 saturated heterocycles. The minimum Gasteiger partial charge on any atom is -0.383 e. The second-order valence-corrected chi connectivity index (χ2v) is 6.89. The maximum absolute atomic E-state index is 6.53. The summed E-state index contributed by atoms with van der Waals surface area (Å²) in [5.41, 5.74) is 11.2. The average Bonchev–Trinajstić information content (AvgIpc) is 3.30. The Kier molecular flexibility index (Phi) is 4.91. The van der Waals surface area contributed by atoms with Gasteiger partial charge in [0, 0.05) is 49.5 Å². The molecular formula is C19H25N7O. The van der Waals surface area contributed by atoms with E-state index in [1.807, 2.05) is 31.6 Å². The zero-order valence-corrected chi connectivity index (χ0v) is 15.7. The number of nitrogens with two attached hydrogens (primary N) is 1. The van der Waals surface area contributed by atoms with Gasteiger partial charge in [0.25, 0.3) is 0 Å². The van der Waals surface area contributed by atoms with Crippen LogP contribution in [-0.4, -0.2) is 51.2 Å². The summed E-state index contributed by atoms with van der Waals surface area (Å²) in [6.07, 6.45) is 11.8. The van der Waals surface area contributed by atoms with Crippen LogP contribution in [0.25, 0.3) is 22.9 Å². The van der Waals surface area contributed by atoms with E-state index in [9.17, 15) is 0 Å². The summed E-state index contributed by atoms with van der Waals surface area (Å²) >= 11 is 0. The molecule has 1 atom stereocenters. The van der Waals surface area contributed by atoms with E-state index in [0.717, 1.165) is 54.0 Å². The number of piperidine rings is 1. The Labute approximate surface area is 158 Å². The quantitative estimate of drug-likeness (QED) is 0.714. The summed E-state index contributed by atoms with van der Waals surface area (Å²) in [5.74, 6) is 0.924.